The van der Waals surface area contributed by atoms with Crippen LogP contribution in [-0.2, 0) is 19.2 Å². The molecule has 4 amide bonds. The van der Waals surface area contributed by atoms with Crippen molar-refractivity contribution in [1.82, 2.24) is 15.0 Å². The number of hydrogen-bond donors (Lipinski definition) is 1. The van der Waals surface area contributed by atoms with Gasteiger partial charge in [-0.15, -0.1) is 0 Å². The SMILES string of the molecule is CN1C(CCC(CCC2CC(=O)N(c3ccccc3)N2C)(CCC2CC(=O)N(c3ccccc3)N2C)C(N)=O)CC(=O)N1c1ccccc1. The molecule has 0 aliphatic carbocycles. The number of anilines is 3. The van der Waals surface area contributed by atoms with Crippen LogP contribution in [0.25, 0.3) is 0 Å². The van der Waals surface area contributed by atoms with Crippen LogP contribution in [0.1, 0.15) is 57.8 Å². The lowest BCUT2D eigenvalue weighted by molar-refractivity contribution is -0.129. The molecule has 3 aliphatic heterocycles. The number of hydrogen-bond acceptors (Lipinski definition) is 7. The van der Waals surface area contributed by atoms with Gasteiger partial charge >= 0.3 is 0 Å². The maximum Gasteiger partial charge on any atom is 0.243 e. The van der Waals surface area contributed by atoms with E-state index in [9.17, 15) is 19.2 Å². The van der Waals surface area contributed by atoms with E-state index in [0.717, 1.165) is 17.1 Å². The first kappa shape index (κ1) is 34.3. The summed E-state index contributed by atoms with van der Waals surface area (Å²) in [6.07, 6.45) is 4.31. The maximum absolute atomic E-state index is 13.7. The highest BCUT2D eigenvalue weighted by Crippen LogP contribution is 2.42. The van der Waals surface area contributed by atoms with Gasteiger partial charge in [0.05, 0.1) is 17.1 Å². The molecule has 0 bridgehead atoms. The van der Waals surface area contributed by atoms with Crippen molar-refractivity contribution in [1.29, 1.82) is 0 Å². The number of hydrazine groups is 3. The molecule has 11 nitrogen and oxygen atoms in total. The number of carbonyl (C=O) groups is 4. The molecule has 3 fully saturated rings. The second-order valence-electron chi connectivity index (χ2n) is 13.7. The van der Waals surface area contributed by atoms with Gasteiger partial charge in [0.15, 0.2) is 0 Å². The fourth-order valence-electron chi connectivity index (χ4n) is 7.90. The predicted molar refractivity (Wildman–Crippen MR) is 190 cm³/mol. The van der Waals surface area contributed by atoms with Crippen LogP contribution >= 0.6 is 0 Å². The molecule has 3 aromatic rings. The summed E-state index contributed by atoms with van der Waals surface area (Å²) in [5, 5.41) is 11.1. The lowest BCUT2D eigenvalue weighted by atomic mass is 9.72. The van der Waals surface area contributed by atoms with Gasteiger partial charge in [-0.1, -0.05) is 54.6 Å². The molecule has 3 unspecified atom stereocenters. The van der Waals surface area contributed by atoms with Crippen molar-refractivity contribution in [3.63, 3.8) is 0 Å². The minimum atomic E-state index is -0.891. The van der Waals surface area contributed by atoms with E-state index in [1.54, 1.807) is 15.0 Å². The van der Waals surface area contributed by atoms with Gasteiger partial charge in [-0.2, -0.15) is 0 Å². The molecule has 49 heavy (non-hydrogen) atoms. The van der Waals surface area contributed by atoms with Crippen LogP contribution in [0.2, 0.25) is 0 Å². The third-order valence-corrected chi connectivity index (χ3v) is 10.9. The summed E-state index contributed by atoms with van der Waals surface area (Å²) in [7, 11) is 5.76. The molecule has 3 aromatic carbocycles. The Kier molecular flexibility index (Phi) is 10.1. The molecule has 0 radical (unpaired) electrons. The van der Waals surface area contributed by atoms with Gasteiger partial charge in [-0.3, -0.25) is 19.2 Å². The Bertz CT molecular complexity index is 1460. The summed E-state index contributed by atoms with van der Waals surface area (Å²) in [4.78, 5) is 53.3. The van der Waals surface area contributed by atoms with Crippen LogP contribution in [0.3, 0.4) is 0 Å². The highest BCUT2D eigenvalue weighted by atomic mass is 16.2. The molecule has 0 spiro atoms. The Morgan fingerprint density at radius 1 is 0.551 bits per heavy atom. The molecule has 3 atom stereocenters. The number of amides is 4. The van der Waals surface area contributed by atoms with E-state index in [-0.39, 0.29) is 41.8 Å². The van der Waals surface area contributed by atoms with Gasteiger partial charge in [-0.05, 0) is 74.9 Å². The summed E-state index contributed by atoms with van der Waals surface area (Å²) in [5.41, 5.74) is 7.90. The topological polar surface area (TPSA) is 114 Å². The quantitative estimate of drug-likeness (QED) is 0.280. The van der Waals surface area contributed by atoms with Gasteiger partial charge in [0.25, 0.3) is 0 Å². The van der Waals surface area contributed by atoms with Crippen LogP contribution in [-0.4, -0.2) is 77.9 Å². The average Bonchev–Trinajstić information content (AvgIpc) is 3.68. The zero-order chi connectivity index (χ0) is 34.7. The Morgan fingerprint density at radius 2 is 0.816 bits per heavy atom. The van der Waals surface area contributed by atoms with Crippen molar-refractivity contribution in [3.8, 4) is 0 Å². The fraction of sp³-hybridized carbons (Fsp3) is 0.421. The minimum Gasteiger partial charge on any atom is -0.369 e. The maximum atomic E-state index is 13.7. The van der Waals surface area contributed by atoms with Gasteiger partial charge in [0, 0.05) is 63.9 Å². The lowest BCUT2D eigenvalue weighted by Gasteiger charge is -2.37. The van der Waals surface area contributed by atoms with Crippen LogP contribution in [0, 0.1) is 5.41 Å². The number of para-hydroxylation sites is 3. The Balaban J connectivity index is 1.20. The van der Waals surface area contributed by atoms with E-state index in [1.807, 2.05) is 127 Å². The van der Waals surface area contributed by atoms with E-state index in [1.165, 1.54) is 0 Å². The molecule has 258 valence electrons. The zero-order valence-corrected chi connectivity index (χ0v) is 28.6. The first-order valence-electron chi connectivity index (χ1n) is 17.2. The van der Waals surface area contributed by atoms with E-state index in [0.29, 0.717) is 57.8 Å². The number of nitrogens with zero attached hydrogens (tertiary/aromatic N) is 6. The monoisotopic (exact) mass is 665 g/mol. The molecule has 3 heterocycles. The first-order valence-corrected chi connectivity index (χ1v) is 17.2. The molecular weight excluding hydrogens is 618 g/mol. The van der Waals surface area contributed by atoms with Gasteiger partial charge in [-0.25, -0.2) is 30.1 Å². The number of carbonyl (C=O) groups excluding carboxylic acids is 4. The van der Waals surface area contributed by atoms with E-state index in [2.05, 4.69) is 0 Å². The molecule has 2 N–H and O–H groups in total. The zero-order valence-electron chi connectivity index (χ0n) is 28.6. The Labute approximate surface area is 288 Å². The van der Waals surface area contributed by atoms with Crippen molar-refractivity contribution in [2.75, 3.05) is 36.2 Å². The molecule has 3 saturated heterocycles. The standard InChI is InChI=1S/C38H47N7O4/c1-40-31(25-34(46)43(40)28-13-7-4-8-14-28)19-22-38(37(39)49,23-20-32-26-35(47)44(41(32)2)29-15-9-5-10-16-29)24-21-33-27-36(48)45(42(33)3)30-17-11-6-12-18-30/h4-18,31-33H,19-27H2,1-3H3,(H2,39,49). The molecular formula is C38H47N7O4. The highest BCUT2D eigenvalue weighted by molar-refractivity contribution is 5.96. The second kappa shape index (κ2) is 14.5. The third-order valence-electron chi connectivity index (χ3n) is 10.9. The number of rotatable bonds is 13. The average molecular weight is 666 g/mol. The van der Waals surface area contributed by atoms with Crippen LogP contribution in [0.5, 0.6) is 0 Å². The van der Waals surface area contributed by atoms with Crippen molar-refractivity contribution in [2.24, 2.45) is 11.1 Å². The highest BCUT2D eigenvalue weighted by Gasteiger charge is 2.45. The summed E-state index contributed by atoms with van der Waals surface area (Å²) in [6, 6.07) is 28.5. The van der Waals surface area contributed by atoms with E-state index < -0.39 is 5.41 Å². The van der Waals surface area contributed by atoms with Crippen molar-refractivity contribution >= 4 is 40.7 Å². The minimum absolute atomic E-state index is 0.0163. The van der Waals surface area contributed by atoms with Crippen LogP contribution < -0.4 is 20.8 Å². The normalized spacial score (nSPS) is 23.5. The summed E-state index contributed by atoms with van der Waals surface area (Å²) in [6.45, 7) is 0. The van der Waals surface area contributed by atoms with Crippen molar-refractivity contribution in [2.45, 2.75) is 75.9 Å². The molecule has 0 saturated carbocycles. The smallest absolute Gasteiger partial charge is 0.243 e. The number of benzene rings is 3. The van der Waals surface area contributed by atoms with Crippen LogP contribution in [0.15, 0.2) is 91.0 Å². The lowest BCUT2D eigenvalue weighted by Crippen LogP contribution is -2.44. The predicted octanol–water partition coefficient (Wildman–Crippen LogP) is 4.76. The summed E-state index contributed by atoms with van der Waals surface area (Å²) in [5.74, 6) is -0.328. The second-order valence-corrected chi connectivity index (χ2v) is 13.7. The largest absolute Gasteiger partial charge is 0.369 e. The number of nitrogens with two attached hydrogens (primary N) is 1. The van der Waals surface area contributed by atoms with Gasteiger partial charge in [0.1, 0.15) is 0 Å². The van der Waals surface area contributed by atoms with E-state index in [4.69, 9.17) is 5.73 Å². The first-order chi connectivity index (χ1) is 23.6. The van der Waals surface area contributed by atoms with E-state index >= 15 is 0 Å². The summed E-state index contributed by atoms with van der Waals surface area (Å²) >= 11 is 0. The van der Waals surface area contributed by atoms with Gasteiger partial charge < -0.3 is 5.73 Å². The van der Waals surface area contributed by atoms with Crippen LogP contribution in [0.4, 0.5) is 17.1 Å². The van der Waals surface area contributed by atoms with Gasteiger partial charge in [0.2, 0.25) is 23.6 Å². The van der Waals surface area contributed by atoms with Crippen molar-refractivity contribution < 1.29 is 19.2 Å². The van der Waals surface area contributed by atoms with Crippen molar-refractivity contribution in [3.05, 3.63) is 91.0 Å². The molecule has 6 rings (SSSR count). The third kappa shape index (κ3) is 6.96. The summed E-state index contributed by atoms with van der Waals surface area (Å²) < 4.78 is 0. The molecule has 3 aliphatic rings. The molecule has 11 heteroatoms. The number of primary amides is 1. The molecule has 0 aromatic heterocycles. The fourth-order valence-corrected chi connectivity index (χ4v) is 7.90. The Hall–Kier alpha value is -4.58. The Morgan fingerprint density at radius 3 is 1.06 bits per heavy atom.